The quantitative estimate of drug-likeness (QED) is 0.712. The molecule has 4 atom stereocenters. The zero-order valence-corrected chi connectivity index (χ0v) is 16.8. The van der Waals surface area contributed by atoms with Gasteiger partial charge in [-0.25, -0.2) is 4.39 Å². The summed E-state index contributed by atoms with van der Waals surface area (Å²) in [4.78, 5) is 33.9. The summed E-state index contributed by atoms with van der Waals surface area (Å²) in [6.07, 6.45) is 3.30. The summed E-state index contributed by atoms with van der Waals surface area (Å²) in [7, 11) is 1.64. The van der Waals surface area contributed by atoms with Gasteiger partial charge in [-0.3, -0.25) is 9.59 Å². The maximum Gasteiger partial charge on any atom is 0.246 e. The minimum Gasteiger partial charge on any atom is -0.360 e. The van der Waals surface area contributed by atoms with Gasteiger partial charge in [-0.15, -0.1) is 0 Å². The number of rotatable bonds is 4. The maximum atomic E-state index is 13.5. The van der Waals surface area contributed by atoms with Crippen LogP contribution in [0.15, 0.2) is 34.9 Å². The Balaban J connectivity index is 1.43. The molecule has 30 heavy (non-hydrogen) atoms. The number of benzene rings is 1. The number of ether oxygens (including phenoxy) is 1. The summed E-state index contributed by atoms with van der Waals surface area (Å²) in [5.41, 5.74) is 0.446. The molecule has 156 valence electrons. The van der Waals surface area contributed by atoms with Gasteiger partial charge >= 0.3 is 0 Å². The summed E-state index contributed by atoms with van der Waals surface area (Å²) in [6, 6.07) is 4.32. The van der Waals surface area contributed by atoms with Crippen molar-refractivity contribution in [3.63, 3.8) is 0 Å². The van der Waals surface area contributed by atoms with Gasteiger partial charge < -0.3 is 19.1 Å². The molecule has 3 aliphatic heterocycles. The number of nitrogens with zero attached hydrogens (tertiary/aromatic N) is 4. The normalized spacial score (nSPS) is 29.0. The number of hydrogen-bond donors (Lipinski definition) is 0. The first kappa shape index (κ1) is 18.9. The van der Waals surface area contributed by atoms with E-state index in [4.69, 9.17) is 9.26 Å². The second-order valence-electron chi connectivity index (χ2n) is 8.18. The van der Waals surface area contributed by atoms with Crippen LogP contribution in [-0.4, -0.2) is 52.2 Å². The van der Waals surface area contributed by atoms with Gasteiger partial charge in [0.05, 0.1) is 31.0 Å². The van der Waals surface area contributed by atoms with E-state index in [1.165, 1.54) is 17.0 Å². The van der Waals surface area contributed by atoms with Crippen molar-refractivity contribution in [3.05, 3.63) is 53.4 Å². The van der Waals surface area contributed by atoms with Gasteiger partial charge in [-0.05, 0) is 37.6 Å². The van der Waals surface area contributed by atoms with Crippen LogP contribution >= 0.6 is 0 Å². The molecule has 1 spiro atoms. The van der Waals surface area contributed by atoms with Crippen molar-refractivity contribution in [1.82, 2.24) is 15.0 Å². The number of anilines is 1. The van der Waals surface area contributed by atoms with Crippen molar-refractivity contribution < 1.29 is 23.2 Å². The zero-order valence-electron chi connectivity index (χ0n) is 16.8. The molecular weight excluding hydrogens is 391 g/mol. The Kier molecular flexibility index (Phi) is 4.08. The molecule has 9 heteroatoms. The largest absolute Gasteiger partial charge is 0.360 e. The van der Waals surface area contributed by atoms with Crippen LogP contribution in [0, 0.1) is 31.5 Å². The fourth-order valence-electron chi connectivity index (χ4n) is 4.85. The number of aromatic nitrogens is 2. The van der Waals surface area contributed by atoms with Crippen LogP contribution in [0.4, 0.5) is 10.1 Å². The van der Waals surface area contributed by atoms with Crippen LogP contribution in [0.5, 0.6) is 0 Å². The molecule has 2 amide bonds. The van der Waals surface area contributed by atoms with Gasteiger partial charge in [-0.2, -0.15) is 4.98 Å². The molecule has 1 aromatic heterocycles. The van der Waals surface area contributed by atoms with Crippen LogP contribution in [0.3, 0.4) is 0 Å². The lowest BCUT2D eigenvalue weighted by Crippen LogP contribution is -2.44. The number of fused-ring (bicyclic) bond motifs is 1. The van der Waals surface area contributed by atoms with Crippen LogP contribution in [0.1, 0.15) is 17.3 Å². The second-order valence-corrected chi connectivity index (χ2v) is 8.18. The Labute approximate surface area is 172 Å². The molecule has 1 aromatic carbocycles. The van der Waals surface area contributed by atoms with E-state index in [-0.39, 0.29) is 24.2 Å². The Morgan fingerprint density at radius 3 is 2.90 bits per heavy atom. The molecule has 2 bridgehead atoms. The standard InChI is InChI=1S/C21H21FN4O4/c1-11-8-13(22)4-5-14(11)26-10-21-7-6-15(29-21)17(18(21)20(26)28)19(27)25(3)9-16-23-12(2)24-30-16/h4-8,15,17-18H,9-10H2,1-3H3/t15-,17-,18+,21-/m0/s1. The molecule has 0 N–H and O–H groups in total. The minimum atomic E-state index is -0.842. The highest BCUT2D eigenvalue weighted by atomic mass is 19.1. The van der Waals surface area contributed by atoms with Crippen molar-refractivity contribution in [3.8, 4) is 0 Å². The first-order chi connectivity index (χ1) is 14.3. The summed E-state index contributed by atoms with van der Waals surface area (Å²) in [5, 5.41) is 3.74. The van der Waals surface area contributed by atoms with E-state index in [1.54, 1.807) is 31.9 Å². The third-order valence-electron chi connectivity index (χ3n) is 6.15. The number of halogens is 1. The van der Waals surface area contributed by atoms with Gasteiger partial charge in [-0.1, -0.05) is 17.3 Å². The molecule has 2 fully saturated rings. The Morgan fingerprint density at radius 2 is 2.20 bits per heavy atom. The zero-order chi connectivity index (χ0) is 21.2. The van der Waals surface area contributed by atoms with Gasteiger partial charge in [0.25, 0.3) is 0 Å². The maximum absolute atomic E-state index is 13.5. The molecule has 0 aliphatic carbocycles. The molecule has 8 nitrogen and oxygen atoms in total. The number of carbonyl (C=O) groups excluding carboxylic acids is 2. The van der Waals surface area contributed by atoms with Crippen molar-refractivity contribution in [2.45, 2.75) is 32.1 Å². The predicted octanol–water partition coefficient (Wildman–Crippen LogP) is 1.77. The summed E-state index contributed by atoms with van der Waals surface area (Å²) < 4.78 is 24.8. The monoisotopic (exact) mass is 412 g/mol. The van der Waals surface area contributed by atoms with E-state index in [0.717, 1.165) is 0 Å². The third-order valence-corrected chi connectivity index (χ3v) is 6.15. The van der Waals surface area contributed by atoms with E-state index < -0.39 is 23.5 Å². The number of aryl methyl sites for hydroxylation is 2. The molecule has 0 saturated carbocycles. The van der Waals surface area contributed by atoms with E-state index in [0.29, 0.717) is 29.5 Å². The van der Waals surface area contributed by atoms with Gasteiger partial charge in [0, 0.05) is 12.7 Å². The van der Waals surface area contributed by atoms with Gasteiger partial charge in [0.1, 0.15) is 11.4 Å². The van der Waals surface area contributed by atoms with Gasteiger partial charge in [0.2, 0.25) is 17.7 Å². The first-order valence-electron chi connectivity index (χ1n) is 9.78. The summed E-state index contributed by atoms with van der Waals surface area (Å²) >= 11 is 0. The fraction of sp³-hybridized carbons (Fsp3) is 0.429. The Bertz CT molecular complexity index is 1080. The molecule has 0 unspecified atom stereocenters. The predicted molar refractivity (Wildman–Crippen MR) is 103 cm³/mol. The Morgan fingerprint density at radius 1 is 1.40 bits per heavy atom. The van der Waals surface area contributed by atoms with Crippen LogP contribution in [0.25, 0.3) is 0 Å². The van der Waals surface area contributed by atoms with Gasteiger partial charge in [0.15, 0.2) is 5.82 Å². The number of amides is 2. The smallest absolute Gasteiger partial charge is 0.246 e. The molecular formula is C21H21FN4O4. The van der Waals surface area contributed by atoms with Crippen LogP contribution in [0.2, 0.25) is 0 Å². The highest BCUT2D eigenvalue weighted by molar-refractivity contribution is 6.03. The summed E-state index contributed by atoms with van der Waals surface area (Å²) in [6.45, 7) is 3.92. The van der Waals surface area contributed by atoms with E-state index >= 15 is 0 Å². The van der Waals surface area contributed by atoms with Crippen molar-refractivity contribution in [2.24, 2.45) is 11.8 Å². The second kappa shape index (κ2) is 6.46. The number of hydrogen-bond acceptors (Lipinski definition) is 6. The highest BCUT2D eigenvalue weighted by Crippen LogP contribution is 2.53. The lowest BCUT2D eigenvalue weighted by atomic mass is 9.76. The van der Waals surface area contributed by atoms with E-state index in [1.807, 2.05) is 12.2 Å². The van der Waals surface area contributed by atoms with Crippen molar-refractivity contribution in [2.75, 3.05) is 18.5 Å². The topological polar surface area (TPSA) is 88.8 Å². The SMILES string of the molecule is Cc1noc(CN(C)C(=O)[C@H]2[C@@H]3C=C[C@@]4(CN(c5ccc(F)cc5C)C(=O)[C@@H]24)O3)n1. The third kappa shape index (κ3) is 2.68. The van der Waals surface area contributed by atoms with Crippen LogP contribution in [-0.2, 0) is 20.9 Å². The fourth-order valence-corrected chi connectivity index (χ4v) is 4.85. The summed E-state index contributed by atoms with van der Waals surface area (Å²) in [5.74, 6) is -1.19. The highest BCUT2D eigenvalue weighted by Gasteiger charge is 2.67. The molecule has 0 radical (unpaired) electrons. The average Bonchev–Trinajstić information content (AvgIpc) is 3.43. The molecule has 2 saturated heterocycles. The molecule has 4 heterocycles. The number of carbonyl (C=O) groups is 2. The van der Waals surface area contributed by atoms with Crippen molar-refractivity contribution in [1.29, 1.82) is 0 Å². The lowest BCUT2D eigenvalue weighted by molar-refractivity contribution is -0.139. The molecule has 5 rings (SSSR count). The lowest BCUT2D eigenvalue weighted by Gasteiger charge is -2.27. The minimum absolute atomic E-state index is 0.154. The van der Waals surface area contributed by atoms with E-state index in [2.05, 4.69) is 10.1 Å². The van der Waals surface area contributed by atoms with E-state index in [9.17, 15) is 14.0 Å². The molecule has 3 aliphatic rings. The first-order valence-corrected chi connectivity index (χ1v) is 9.78. The average molecular weight is 412 g/mol. The van der Waals surface area contributed by atoms with Crippen molar-refractivity contribution >= 4 is 17.5 Å². The molecule has 2 aromatic rings. The Hall–Kier alpha value is -3.07. The van der Waals surface area contributed by atoms with Crippen LogP contribution < -0.4 is 4.90 Å².